The minimum Gasteiger partial charge on any atom is -0.497 e. The molecule has 0 aliphatic carbocycles. The molecule has 0 saturated carbocycles. The molecule has 0 spiro atoms. The number of sulfone groups is 1. The number of hydrogen-bond acceptors (Lipinski definition) is 8. The van der Waals surface area contributed by atoms with Crippen LogP contribution in [0.5, 0.6) is 11.5 Å². The summed E-state index contributed by atoms with van der Waals surface area (Å²) in [5.74, 6) is 0.748. The lowest BCUT2D eigenvalue weighted by Crippen LogP contribution is -2.71. The number of hydrogen-bond donors (Lipinski definition) is 2. The number of methoxy groups -OCH3 is 1. The highest BCUT2D eigenvalue weighted by Gasteiger charge is 2.63. The quantitative estimate of drug-likeness (QED) is 0.535. The Kier molecular flexibility index (Phi) is 5.44. The van der Waals surface area contributed by atoms with Gasteiger partial charge in [0.1, 0.15) is 33.4 Å². The highest BCUT2D eigenvalue weighted by atomic mass is 35.5. The smallest absolute Gasteiger partial charge is 0.206 e. The fraction of sp³-hybridized carbons (Fsp3) is 0.304. The van der Waals surface area contributed by atoms with Crippen LogP contribution in [-0.4, -0.2) is 41.8 Å². The Morgan fingerprint density at radius 2 is 1.79 bits per heavy atom. The van der Waals surface area contributed by atoms with Crippen LogP contribution in [0, 0.1) is 0 Å². The van der Waals surface area contributed by atoms with Crippen molar-refractivity contribution in [2.45, 2.75) is 47.3 Å². The van der Waals surface area contributed by atoms with Crippen molar-refractivity contribution in [3.05, 3.63) is 71.3 Å². The molecule has 33 heavy (non-hydrogen) atoms. The zero-order valence-electron chi connectivity index (χ0n) is 18.5. The molecule has 1 aliphatic heterocycles. The van der Waals surface area contributed by atoms with Gasteiger partial charge in [0.25, 0.3) is 0 Å². The topological polar surface area (TPSA) is 125 Å². The van der Waals surface area contributed by atoms with Crippen LogP contribution >= 0.6 is 11.6 Å². The van der Waals surface area contributed by atoms with E-state index < -0.39 is 26.6 Å². The van der Waals surface area contributed by atoms with Crippen molar-refractivity contribution < 1.29 is 23.0 Å². The molecule has 1 aromatic heterocycles. The van der Waals surface area contributed by atoms with Gasteiger partial charge < -0.3 is 20.3 Å². The Morgan fingerprint density at radius 1 is 1.09 bits per heavy atom. The summed E-state index contributed by atoms with van der Waals surface area (Å²) in [6.07, 6.45) is 1.42. The highest BCUT2D eigenvalue weighted by Crippen LogP contribution is 2.51. The van der Waals surface area contributed by atoms with E-state index in [2.05, 4.69) is 9.97 Å². The van der Waals surface area contributed by atoms with Crippen LogP contribution in [0.4, 0.5) is 0 Å². The number of fused-ring (bicyclic) bond motifs is 1. The zero-order valence-corrected chi connectivity index (χ0v) is 20.1. The first-order valence-corrected chi connectivity index (χ1v) is 11.9. The molecule has 10 heteroatoms. The first-order valence-electron chi connectivity index (χ1n) is 10.1. The standard InChI is InChI=1S/C23H24ClN3O5S/c1-21(2)22(3,28)23(25,20-26-11-10-19(24)27-20)17-13-16(8-9-18(17)32-21)33(29,30)15-7-5-6-14(12-15)31-4/h5-13,28H,25H2,1-4H3/t22-,23-/m1/s1. The maximum atomic E-state index is 13.4. The monoisotopic (exact) mass is 489 g/mol. The molecular formula is C23H24ClN3O5S. The molecule has 2 atom stereocenters. The lowest BCUT2D eigenvalue weighted by molar-refractivity contribution is -0.156. The molecule has 3 aromatic rings. The predicted molar refractivity (Wildman–Crippen MR) is 122 cm³/mol. The van der Waals surface area contributed by atoms with E-state index in [4.69, 9.17) is 26.8 Å². The lowest BCUT2D eigenvalue weighted by atomic mass is 9.65. The van der Waals surface area contributed by atoms with Gasteiger partial charge in [0.05, 0.1) is 16.9 Å². The average molecular weight is 490 g/mol. The molecular weight excluding hydrogens is 466 g/mol. The number of aliphatic hydroxyl groups is 1. The third-order valence-corrected chi connectivity index (χ3v) is 8.28. The Hall–Kier alpha value is -2.72. The molecule has 0 unspecified atom stereocenters. The van der Waals surface area contributed by atoms with E-state index >= 15 is 0 Å². The second-order valence-corrected chi connectivity index (χ2v) is 10.9. The molecule has 174 valence electrons. The maximum absolute atomic E-state index is 13.4. The van der Waals surface area contributed by atoms with Crippen LogP contribution in [-0.2, 0) is 15.4 Å². The first kappa shape index (κ1) is 23.4. The third kappa shape index (κ3) is 3.47. The number of benzene rings is 2. The van der Waals surface area contributed by atoms with E-state index in [1.165, 1.54) is 56.6 Å². The summed E-state index contributed by atoms with van der Waals surface area (Å²) in [6, 6.07) is 12.0. The summed E-state index contributed by atoms with van der Waals surface area (Å²) in [5, 5.41) is 11.8. The maximum Gasteiger partial charge on any atom is 0.206 e. The van der Waals surface area contributed by atoms with Crippen molar-refractivity contribution in [1.82, 2.24) is 9.97 Å². The van der Waals surface area contributed by atoms with Crippen molar-refractivity contribution in [3.63, 3.8) is 0 Å². The first-order chi connectivity index (χ1) is 15.3. The van der Waals surface area contributed by atoms with Crippen LogP contribution in [0.1, 0.15) is 32.2 Å². The Bertz CT molecular complexity index is 1340. The molecule has 4 rings (SSSR count). The van der Waals surface area contributed by atoms with Gasteiger partial charge in [-0.1, -0.05) is 17.7 Å². The summed E-state index contributed by atoms with van der Waals surface area (Å²) in [7, 11) is -2.49. The predicted octanol–water partition coefficient (Wildman–Crippen LogP) is 3.10. The van der Waals surface area contributed by atoms with Crippen LogP contribution in [0.3, 0.4) is 0 Å². The largest absolute Gasteiger partial charge is 0.497 e. The van der Waals surface area contributed by atoms with Gasteiger partial charge in [-0.2, -0.15) is 0 Å². The van der Waals surface area contributed by atoms with Crippen molar-refractivity contribution in [2.75, 3.05) is 7.11 Å². The summed E-state index contributed by atoms with van der Waals surface area (Å²) >= 11 is 6.10. The molecule has 2 heterocycles. The number of aromatic nitrogens is 2. The van der Waals surface area contributed by atoms with Crippen LogP contribution in [0.25, 0.3) is 0 Å². The highest BCUT2D eigenvalue weighted by molar-refractivity contribution is 7.91. The molecule has 0 bridgehead atoms. The van der Waals surface area contributed by atoms with E-state index in [9.17, 15) is 13.5 Å². The molecule has 0 radical (unpaired) electrons. The molecule has 2 aromatic carbocycles. The molecule has 1 aliphatic rings. The summed E-state index contributed by atoms with van der Waals surface area (Å²) in [6.45, 7) is 4.87. The van der Waals surface area contributed by atoms with E-state index in [0.717, 1.165) is 0 Å². The number of rotatable bonds is 4. The van der Waals surface area contributed by atoms with Gasteiger partial charge in [0, 0.05) is 11.8 Å². The fourth-order valence-electron chi connectivity index (χ4n) is 3.95. The molecule has 0 amide bonds. The van der Waals surface area contributed by atoms with E-state index in [1.807, 2.05) is 0 Å². The Labute approximate surface area is 197 Å². The Morgan fingerprint density at radius 3 is 2.45 bits per heavy atom. The minimum atomic E-state index is -3.95. The van der Waals surface area contributed by atoms with Gasteiger partial charge in [-0.05, 0) is 63.2 Å². The molecule has 0 fully saturated rings. The normalized spacial score (nSPS) is 24.0. The SMILES string of the molecule is COc1cccc(S(=O)(=O)c2ccc3c(c2)[C@@](N)(c2nccc(Cl)n2)[C@](C)(O)C(C)(C)O3)c1. The van der Waals surface area contributed by atoms with Crippen molar-refractivity contribution >= 4 is 21.4 Å². The second kappa shape index (κ2) is 7.66. The summed E-state index contributed by atoms with van der Waals surface area (Å²) in [4.78, 5) is 8.53. The van der Waals surface area contributed by atoms with Gasteiger partial charge in [0.15, 0.2) is 5.82 Å². The van der Waals surface area contributed by atoms with Crippen molar-refractivity contribution in [2.24, 2.45) is 5.73 Å². The van der Waals surface area contributed by atoms with Gasteiger partial charge in [-0.15, -0.1) is 0 Å². The van der Waals surface area contributed by atoms with E-state index in [0.29, 0.717) is 11.5 Å². The average Bonchev–Trinajstić information content (AvgIpc) is 2.77. The Balaban J connectivity index is 1.98. The van der Waals surface area contributed by atoms with E-state index in [1.54, 1.807) is 26.0 Å². The number of ether oxygens (including phenoxy) is 2. The van der Waals surface area contributed by atoms with Gasteiger partial charge in [-0.25, -0.2) is 18.4 Å². The molecule has 8 nitrogen and oxygen atoms in total. The summed E-state index contributed by atoms with van der Waals surface area (Å²) in [5.41, 5.74) is 2.43. The second-order valence-electron chi connectivity index (χ2n) is 8.54. The lowest BCUT2D eigenvalue weighted by Gasteiger charge is -2.54. The van der Waals surface area contributed by atoms with E-state index in [-0.39, 0.29) is 26.3 Å². The fourth-order valence-corrected chi connectivity index (χ4v) is 5.41. The van der Waals surface area contributed by atoms with Crippen LogP contribution in [0.15, 0.2) is 64.5 Å². The minimum absolute atomic E-state index is 0.0357. The molecule has 3 N–H and O–H groups in total. The number of halogens is 1. The van der Waals surface area contributed by atoms with Gasteiger partial charge in [0.2, 0.25) is 9.84 Å². The number of nitrogens with zero attached hydrogens (tertiary/aromatic N) is 2. The van der Waals surface area contributed by atoms with Crippen molar-refractivity contribution in [3.8, 4) is 11.5 Å². The third-order valence-electron chi connectivity index (χ3n) is 6.32. The van der Waals surface area contributed by atoms with Crippen LogP contribution in [0.2, 0.25) is 5.15 Å². The van der Waals surface area contributed by atoms with Gasteiger partial charge >= 0.3 is 0 Å². The number of nitrogens with two attached hydrogens (primary N) is 1. The van der Waals surface area contributed by atoms with Gasteiger partial charge in [-0.3, -0.25) is 0 Å². The van der Waals surface area contributed by atoms with Crippen molar-refractivity contribution in [1.29, 1.82) is 0 Å². The zero-order chi connectivity index (χ0) is 24.2. The van der Waals surface area contributed by atoms with Crippen LogP contribution < -0.4 is 15.2 Å². The molecule has 0 saturated heterocycles. The summed E-state index contributed by atoms with van der Waals surface area (Å²) < 4.78 is 38.1.